The van der Waals surface area contributed by atoms with Gasteiger partial charge in [0.15, 0.2) is 11.8 Å². The van der Waals surface area contributed by atoms with Crippen molar-refractivity contribution in [2.75, 3.05) is 40.0 Å². The maximum absolute atomic E-state index is 5.71. The van der Waals surface area contributed by atoms with Crippen molar-refractivity contribution in [3.05, 3.63) is 42.5 Å². The highest BCUT2D eigenvalue weighted by Crippen LogP contribution is 2.12. The van der Waals surface area contributed by atoms with E-state index in [0.717, 1.165) is 63.3 Å². The minimum atomic E-state index is 0.534. The van der Waals surface area contributed by atoms with Gasteiger partial charge < -0.3 is 20.1 Å². The van der Waals surface area contributed by atoms with Crippen LogP contribution in [0.15, 0.2) is 41.7 Å². The number of rotatable bonds is 9. The third-order valence-electron chi connectivity index (χ3n) is 4.43. The molecule has 0 amide bonds. The molecule has 8 nitrogen and oxygen atoms in total. The van der Waals surface area contributed by atoms with Crippen LogP contribution >= 0.6 is 0 Å². The summed E-state index contributed by atoms with van der Waals surface area (Å²) in [7, 11) is 1.76. The Hall–Kier alpha value is -2.45. The molecule has 146 valence electrons. The Kier molecular flexibility index (Phi) is 7.61. The van der Waals surface area contributed by atoms with E-state index in [0.29, 0.717) is 12.5 Å². The summed E-state index contributed by atoms with van der Waals surface area (Å²) < 4.78 is 13.0. The largest absolute Gasteiger partial charge is 0.381 e. The van der Waals surface area contributed by atoms with Crippen molar-refractivity contribution < 1.29 is 9.47 Å². The molecule has 2 aromatic rings. The average molecular weight is 372 g/mol. The van der Waals surface area contributed by atoms with Crippen LogP contribution in [-0.4, -0.2) is 60.7 Å². The molecule has 1 aromatic carbocycles. The Labute approximate surface area is 160 Å². The summed E-state index contributed by atoms with van der Waals surface area (Å²) in [6.45, 7) is 4.57. The zero-order valence-electron chi connectivity index (χ0n) is 15.8. The number of hydrogen-bond acceptors (Lipinski definition) is 5. The molecule has 27 heavy (non-hydrogen) atoms. The normalized spacial score (nSPS) is 17.2. The zero-order valence-corrected chi connectivity index (χ0v) is 15.8. The summed E-state index contributed by atoms with van der Waals surface area (Å²) in [5, 5.41) is 14.8. The van der Waals surface area contributed by atoms with Crippen molar-refractivity contribution in [1.82, 2.24) is 25.4 Å². The lowest BCUT2D eigenvalue weighted by Crippen LogP contribution is -2.38. The number of hydrogen-bond donors (Lipinski definition) is 2. The van der Waals surface area contributed by atoms with Crippen LogP contribution in [0.25, 0.3) is 5.69 Å². The SMILES string of the molecule is CN=C(NCCCOCC1CCOC1)NCc1nncn1-c1ccccc1. The van der Waals surface area contributed by atoms with Crippen molar-refractivity contribution in [2.45, 2.75) is 19.4 Å². The molecular weight excluding hydrogens is 344 g/mol. The molecule has 1 aromatic heterocycles. The van der Waals surface area contributed by atoms with Crippen LogP contribution in [-0.2, 0) is 16.0 Å². The van der Waals surface area contributed by atoms with E-state index in [-0.39, 0.29) is 0 Å². The lowest BCUT2D eigenvalue weighted by Gasteiger charge is -2.13. The minimum Gasteiger partial charge on any atom is -0.381 e. The van der Waals surface area contributed by atoms with E-state index in [1.54, 1.807) is 13.4 Å². The van der Waals surface area contributed by atoms with Crippen LogP contribution in [0.5, 0.6) is 0 Å². The van der Waals surface area contributed by atoms with E-state index in [4.69, 9.17) is 9.47 Å². The summed E-state index contributed by atoms with van der Waals surface area (Å²) >= 11 is 0. The number of para-hydroxylation sites is 1. The first-order valence-corrected chi connectivity index (χ1v) is 9.41. The van der Waals surface area contributed by atoms with Crippen molar-refractivity contribution in [3.63, 3.8) is 0 Å². The second kappa shape index (κ2) is 10.6. The van der Waals surface area contributed by atoms with Gasteiger partial charge in [0.2, 0.25) is 0 Å². The smallest absolute Gasteiger partial charge is 0.191 e. The van der Waals surface area contributed by atoms with E-state index in [2.05, 4.69) is 25.8 Å². The number of nitrogens with one attached hydrogen (secondary N) is 2. The molecule has 1 saturated heterocycles. The number of aliphatic imine (C=N–C) groups is 1. The number of guanidine groups is 1. The first-order chi connectivity index (χ1) is 13.4. The van der Waals surface area contributed by atoms with Gasteiger partial charge in [0, 0.05) is 38.4 Å². The second-order valence-electron chi connectivity index (χ2n) is 6.46. The molecule has 2 N–H and O–H groups in total. The van der Waals surface area contributed by atoms with Crippen LogP contribution in [0.2, 0.25) is 0 Å². The second-order valence-corrected chi connectivity index (χ2v) is 6.46. The number of aromatic nitrogens is 3. The minimum absolute atomic E-state index is 0.534. The van der Waals surface area contributed by atoms with Gasteiger partial charge >= 0.3 is 0 Å². The molecule has 0 bridgehead atoms. The fourth-order valence-corrected chi connectivity index (χ4v) is 2.91. The van der Waals surface area contributed by atoms with Gasteiger partial charge in [0.05, 0.1) is 19.8 Å². The quantitative estimate of drug-likeness (QED) is 0.393. The summed E-state index contributed by atoms with van der Waals surface area (Å²) in [6.07, 6.45) is 3.76. The highest BCUT2D eigenvalue weighted by Gasteiger charge is 2.15. The Balaban J connectivity index is 1.35. The zero-order chi connectivity index (χ0) is 18.7. The molecule has 1 aliphatic heterocycles. The van der Waals surface area contributed by atoms with Crippen LogP contribution in [0.1, 0.15) is 18.7 Å². The van der Waals surface area contributed by atoms with Crippen molar-refractivity contribution in [2.24, 2.45) is 10.9 Å². The fourth-order valence-electron chi connectivity index (χ4n) is 2.91. The molecule has 0 aliphatic carbocycles. The molecule has 0 saturated carbocycles. The number of nitrogens with zero attached hydrogens (tertiary/aromatic N) is 4. The van der Waals surface area contributed by atoms with Gasteiger partial charge in [-0.15, -0.1) is 10.2 Å². The summed E-state index contributed by atoms with van der Waals surface area (Å²) in [6, 6.07) is 10.0. The predicted molar refractivity (Wildman–Crippen MR) is 104 cm³/mol. The molecule has 1 aliphatic rings. The Bertz CT molecular complexity index is 697. The van der Waals surface area contributed by atoms with Crippen LogP contribution in [0.3, 0.4) is 0 Å². The summed E-state index contributed by atoms with van der Waals surface area (Å²) in [4.78, 5) is 4.25. The maximum Gasteiger partial charge on any atom is 0.191 e. The third kappa shape index (κ3) is 6.04. The highest BCUT2D eigenvalue weighted by atomic mass is 16.5. The highest BCUT2D eigenvalue weighted by molar-refractivity contribution is 5.79. The lowest BCUT2D eigenvalue weighted by molar-refractivity contribution is 0.0888. The van der Waals surface area contributed by atoms with Crippen LogP contribution in [0.4, 0.5) is 0 Å². The third-order valence-corrected chi connectivity index (χ3v) is 4.43. The van der Waals surface area contributed by atoms with E-state index < -0.39 is 0 Å². The van der Waals surface area contributed by atoms with E-state index in [9.17, 15) is 0 Å². The topological polar surface area (TPSA) is 85.6 Å². The fraction of sp³-hybridized carbons (Fsp3) is 0.526. The molecule has 1 unspecified atom stereocenters. The van der Waals surface area contributed by atoms with Crippen molar-refractivity contribution in [3.8, 4) is 5.69 Å². The van der Waals surface area contributed by atoms with E-state index in [1.807, 2.05) is 34.9 Å². The van der Waals surface area contributed by atoms with E-state index >= 15 is 0 Å². The van der Waals surface area contributed by atoms with Gasteiger partial charge in [-0.2, -0.15) is 0 Å². The van der Waals surface area contributed by atoms with Crippen LogP contribution in [0, 0.1) is 5.92 Å². The summed E-state index contributed by atoms with van der Waals surface area (Å²) in [5.74, 6) is 2.13. The molecular formula is C19H28N6O2. The Morgan fingerprint density at radius 2 is 2.22 bits per heavy atom. The number of benzene rings is 1. The summed E-state index contributed by atoms with van der Waals surface area (Å²) in [5.41, 5.74) is 1.03. The molecule has 2 heterocycles. The van der Waals surface area contributed by atoms with Crippen molar-refractivity contribution >= 4 is 5.96 Å². The lowest BCUT2D eigenvalue weighted by atomic mass is 10.1. The van der Waals surface area contributed by atoms with E-state index in [1.165, 1.54) is 0 Å². The molecule has 1 fully saturated rings. The molecule has 0 spiro atoms. The predicted octanol–water partition coefficient (Wildman–Crippen LogP) is 1.38. The first kappa shape index (κ1) is 19.3. The molecule has 1 atom stereocenters. The standard InChI is InChI=1S/C19H28N6O2/c1-20-19(21-9-5-10-26-13-16-8-11-27-14-16)22-12-18-24-23-15-25(18)17-6-3-2-4-7-17/h2-4,6-7,15-16H,5,8-14H2,1H3,(H2,20,21,22). The van der Waals surface area contributed by atoms with Gasteiger partial charge in [-0.1, -0.05) is 18.2 Å². The van der Waals surface area contributed by atoms with Gasteiger partial charge in [0.1, 0.15) is 6.33 Å². The van der Waals surface area contributed by atoms with Crippen molar-refractivity contribution in [1.29, 1.82) is 0 Å². The molecule has 8 heteroatoms. The maximum atomic E-state index is 5.71. The molecule has 0 radical (unpaired) electrons. The molecule has 3 rings (SSSR count). The first-order valence-electron chi connectivity index (χ1n) is 9.41. The average Bonchev–Trinajstić information content (AvgIpc) is 3.39. The monoisotopic (exact) mass is 372 g/mol. The Morgan fingerprint density at radius 3 is 3.00 bits per heavy atom. The van der Waals surface area contributed by atoms with Gasteiger partial charge in [-0.25, -0.2) is 0 Å². The Morgan fingerprint density at radius 1 is 1.33 bits per heavy atom. The number of ether oxygens (including phenoxy) is 2. The van der Waals surface area contributed by atoms with Gasteiger partial charge in [-0.05, 0) is 25.0 Å². The van der Waals surface area contributed by atoms with Gasteiger partial charge in [0.25, 0.3) is 0 Å². The van der Waals surface area contributed by atoms with Crippen LogP contribution < -0.4 is 10.6 Å². The van der Waals surface area contributed by atoms with Gasteiger partial charge in [-0.3, -0.25) is 9.56 Å².